The monoisotopic (exact) mass is 475 g/mol. The molecule has 0 bridgehead atoms. The quantitative estimate of drug-likeness (QED) is 0.279. The van der Waals surface area contributed by atoms with Crippen LogP contribution in [0.25, 0.3) is 5.70 Å². The van der Waals surface area contributed by atoms with E-state index in [1.54, 1.807) is 33.2 Å². The zero-order chi connectivity index (χ0) is 25.4. The van der Waals surface area contributed by atoms with Gasteiger partial charge in [-0.2, -0.15) is 0 Å². The Morgan fingerprint density at radius 1 is 1.26 bits per heavy atom. The summed E-state index contributed by atoms with van der Waals surface area (Å²) in [6.45, 7) is 6.03. The van der Waals surface area contributed by atoms with Gasteiger partial charge in [0.05, 0.1) is 34.8 Å². The van der Waals surface area contributed by atoms with E-state index in [1.165, 1.54) is 9.91 Å². The van der Waals surface area contributed by atoms with Gasteiger partial charge in [-0.15, -0.1) is 0 Å². The smallest absolute Gasteiger partial charge is 0.410 e. The van der Waals surface area contributed by atoms with Crippen molar-refractivity contribution in [3.63, 3.8) is 0 Å². The van der Waals surface area contributed by atoms with E-state index in [0.29, 0.717) is 42.2 Å². The first-order valence-electron chi connectivity index (χ1n) is 11.3. The molecule has 1 aliphatic carbocycles. The summed E-state index contributed by atoms with van der Waals surface area (Å²) in [7, 11) is 3.25. The van der Waals surface area contributed by atoms with Crippen LogP contribution in [0.1, 0.15) is 50.9 Å². The summed E-state index contributed by atoms with van der Waals surface area (Å²) >= 11 is 0. The highest BCUT2D eigenvalue weighted by Crippen LogP contribution is 2.29. The van der Waals surface area contributed by atoms with Crippen molar-refractivity contribution in [2.24, 2.45) is 17.5 Å². The SMILES string of the molecule is CC(C)=CCN(C)C(=O)OC/C(=C(/N)c1ccc(O[C@H]2CCC[C@@H](C(=O)O)C2)c(C)n1)N(C)N. The van der Waals surface area contributed by atoms with Gasteiger partial charge in [-0.05, 0) is 58.6 Å². The van der Waals surface area contributed by atoms with E-state index >= 15 is 0 Å². The highest BCUT2D eigenvalue weighted by atomic mass is 16.6. The average molecular weight is 476 g/mol. The number of aromatic nitrogens is 1. The van der Waals surface area contributed by atoms with Crippen LogP contribution in [0, 0.1) is 12.8 Å². The van der Waals surface area contributed by atoms with Gasteiger partial charge in [-0.1, -0.05) is 11.6 Å². The maximum Gasteiger partial charge on any atom is 0.410 e. The number of carbonyl (C=O) groups is 2. The van der Waals surface area contributed by atoms with Crippen LogP contribution in [-0.4, -0.2) is 65.4 Å². The number of pyridine rings is 1. The molecule has 34 heavy (non-hydrogen) atoms. The maximum atomic E-state index is 12.3. The lowest BCUT2D eigenvalue weighted by atomic mass is 9.87. The van der Waals surface area contributed by atoms with Crippen LogP contribution in [-0.2, 0) is 9.53 Å². The number of likely N-dealkylation sites (N-methyl/N-ethyl adjacent to an activating group) is 2. The number of rotatable bonds is 9. The topological polar surface area (TPSA) is 144 Å². The first-order chi connectivity index (χ1) is 16.0. The van der Waals surface area contributed by atoms with Gasteiger partial charge in [0.25, 0.3) is 0 Å². The molecule has 1 aliphatic rings. The van der Waals surface area contributed by atoms with Gasteiger partial charge in [0, 0.05) is 20.6 Å². The van der Waals surface area contributed by atoms with Crippen LogP contribution in [0.2, 0.25) is 0 Å². The summed E-state index contributed by atoms with van der Waals surface area (Å²) in [5.41, 5.74) is 9.21. The molecular formula is C24H37N5O5. The predicted molar refractivity (Wildman–Crippen MR) is 129 cm³/mol. The number of hydrogen-bond donors (Lipinski definition) is 3. The first-order valence-corrected chi connectivity index (χ1v) is 11.3. The fourth-order valence-electron chi connectivity index (χ4n) is 3.63. The van der Waals surface area contributed by atoms with Crippen molar-refractivity contribution in [2.45, 2.75) is 52.6 Å². The number of aliphatic carboxylic acids is 1. The number of ether oxygens (including phenoxy) is 2. The molecular weight excluding hydrogens is 438 g/mol. The number of carboxylic acid groups (broad SMARTS) is 1. The van der Waals surface area contributed by atoms with E-state index in [2.05, 4.69) is 4.98 Å². The molecule has 5 N–H and O–H groups in total. The van der Waals surface area contributed by atoms with Crippen molar-refractivity contribution in [2.75, 3.05) is 27.2 Å². The van der Waals surface area contributed by atoms with E-state index in [9.17, 15) is 14.7 Å². The normalized spacial score (nSPS) is 18.4. The molecule has 1 aromatic heterocycles. The van der Waals surface area contributed by atoms with Gasteiger partial charge in [0.15, 0.2) is 0 Å². The minimum Gasteiger partial charge on any atom is -0.489 e. The van der Waals surface area contributed by atoms with Gasteiger partial charge in [0.1, 0.15) is 12.4 Å². The Bertz CT molecular complexity index is 940. The largest absolute Gasteiger partial charge is 0.489 e. The van der Waals surface area contributed by atoms with E-state index in [0.717, 1.165) is 18.4 Å². The van der Waals surface area contributed by atoms with Crippen molar-refractivity contribution >= 4 is 17.8 Å². The van der Waals surface area contributed by atoms with Crippen LogP contribution in [0.5, 0.6) is 5.75 Å². The number of allylic oxidation sites excluding steroid dienone is 1. The van der Waals surface area contributed by atoms with Crippen LogP contribution in [0.3, 0.4) is 0 Å². The summed E-state index contributed by atoms with van der Waals surface area (Å²) in [5.74, 6) is 5.37. The third-order valence-corrected chi connectivity index (χ3v) is 5.74. The summed E-state index contributed by atoms with van der Waals surface area (Å²) < 4.78 is 11.4. The molecule has 0 spiro atoms. The summed E-state index contributed by atoms with van der Waals surface area (Å²) in [6, 6.07) is 3.48. The number of hydrazine groups is 1. The van der Waals surface area contributed by atoms with Crippen LogP contribution >= 0.6 is 0 Å². The van der Waals surface area contributed by atoms with Crippen molar-refractivity contribution in [1.82, 2.24) is 14.9 Å². The molecule has 1 amide bonds. The Balaban J connectivity index is 2.11. The summed E-state index contributed by atoms with van der Waals surface area (Å²) in [6.07, 6.45) is 4.05. The number of nitrogens with two attached hydrogens (primary N) is 2. The number of carboxylic acids is 1. The van der Waals surface area contributed by atoms with E-state index in [1.807, 2.05) is 19.9 Å². The average Bonchev–Trinajstić information content (AvgIpc) is 2.78. The number of carbonyl (C=O) groups excluding carboxylic acids is 1. The minimum absolute atomic E-state index is 0.117. The maximum absolute atomic E-state index is 12.3. The number of hydrogen-bond acceptors (Lipinski definition) is 8. The zero-order valence-electron chi connectivity index (χ0n) is 20.7. The van der Waals surface area contributed by atoms with E-state index in [4.69, 9.17) is 21.1 Å². The highest BCUT2D eigenvalue weighted by molar-refractivity contribution is 5.70. The second kappa shape index (κ2) is 12.3. The predicted octanol–water partition coefficient (Wildman–Crippen LogP) is 2.88. The molecule has 1 aromatic rings. The Morgan fingerprint density at radius 2 is 1.97 bits per heavy atom. The Labute approximate surface area is 201 Å². The molecule has 0 radical (unpaired) electrons. The van der Waals surface area contributed by atoms with Gasteiger partial charge in [-0.3, -0.25) is 4.79 Å². The van der Waals surface area contributed by atoms with Crippen LogP contribution in [0.15, 0.2) is 29.5 Å². The molecule has 1 fully saturated rings. The van der Waals surface area contributed by atoms with Crippen molar-refractivity contribution < 1.29 is 24.2 Å². The second-order valence-corrected chi connectivity index (χ2v) is 8.91. The molecule has 0 aromatic carbocycles. The highest BCUT2D eigenvalue weighted by Gasteiger charge is 2.28. The first kappa shape index (κ1) is 27.0. The molecule has 10 heteroatoms. The number of amides is 1. The third-order valence-electron chi connectivity index (χ3n) is 5.74. The van der Waals surface area contributed by atoms with Crippen LogP contribution < -0.4 is 16.3 Å². The number of nitrogens with zero attached hydrogens (tertiary/aromatic N) is 3. The molecule has 1 saturated carbocycles. The lowest BCUT2D eigenvalue weighted by molar-refractivity contribution is -0.143. The van der Waals surface area contributed by atoms with Gasteiger partial charge < -0.3 is 30.2 Å². The molecule has 188 valence electrons. The summed E-state index contributed by atoms with van der Waals surface area (Å²) in [5, 5.41) is 10.6. The molecule has 10 nitrogen and oxygen atoms in total. The van der Waals surface area contributed by atoms with E-state index in [-0.39, 0.29) is 24.3 Å². The van der Waals surface area contributed by atoms with Crippen molar-refractivity contribution in [1.29, 1.82) is 0 Å². The van der Waals surface area contributed by atoms with Gasteiger partial charge >= 0.3 is 12.1 Å². The molecule has 0 aliphatic heterocycles. The molecule has 0 saturated heterocycles. The molecule has 2 rings (SSSR count). The lowest BCUT2D eigenvalue weighted by Crippen LogP contribution is -2.34. The Hall–Kier alpha value is -3.27. The minimum atomic E-state index is -0.779. The molecule has 0 unspecified atom stereocenters. The zero-order valence-corrected chi connectivity index (χ0v) is 20.7. The fourth-order valence-corrected chi connectivity index (χ4v) is 3.63. The van der Waals surface area contributed by atoms with Gasteiger partial charge in [-0.25, -0.2) is 15.6 Å². The Kier molecular flexibility index (Phi) is 9.73. The number of aryl methyl sites for hydroxylation is 1. The second-order valence-electron chi connectivity index (χ2n) is 8.91. The van der Waals surface area contributed by atoms with Crippen molar-refractivity contribution in [3.8, 4) is 5.75 Å². The fraction of sp³-hybridized carbons (Fsp3) is 0.542. The Morgan fingerprint density at radius 3 is 2.56 bits per heavy atom. The van der Waals surface area contributed by atoms with Crippen LogP contribution in [0.4, 0.5) is 4.79 Å². The molecule has 1 heterocycles. The summed E-state index contributed by atoms with van der Waals surface area (Å²) in [4.78, 5) is 29.6. The lowest BCUT2D eigenvalue weighted by Gasteiger charge is -2.27. The third kappa shape index (κ3) is 7.65. The standard InChI is InChI=1S/C24H37N5O5/c1-15(2)11-12-28(4)24(32)33-14-20(29(5)26)22(25)19-9-10-21(16(3)27-19)34-18-8-6-7-17(13-18)23(30)31/h9-11,17-18H,6-8,12-14,25-26H2,1-5H3,(H,30,31)/b22-20-/t17-,18+/m1/s1. The van der Waals surface area contributed by atoms with E-state index < -0.39 is 12.1 Å². The molecule has 2 atom stereocenters. The van der Waals surface area contributed by atoms with Crippen molar-refractivity contribution in [3.05, 3.63) is 40.9 Å². The van der Waals surface area contributed by atoms with Gasteiger partial charge in [0.2, 0.25) is 0 Å².